The molecule has 0 atom stereocenters. The van der Waals surface area contributed by atoms with Gasteiger partial charge in [-0.3, -0.25) is 14.9 Å². The molecule has 114 valence electrons. The van der Waals surface area contributed by atoms with E-state index in [9.17, 15) is 14.9 Å². The lowest BCUT2D eigenvalue weighted by atomic mass is 10.2. The number of hydrogen-bond acceptors (Lipinski definition) is 5. The quantitative estimate of drug-likeness (QED) is 0.502. The molecule has 0 fully saturated rings. The molecular weight excluding hydrogens is 288 g/mol. The first kappa shape index (κ1) is 15.3. The fourth-order valence-corrected chi connectivity index (χ4v) is 1.74. The van der Waals surface area contributed by atoms with E-state index in [1.807, 2.05) is 0 Å². The first-order valence-corrected chi connectivity index (χ1v) is 6.54. The van der Waals surface area contributed by atoms with E-state index >= 15 is 0 Å². The molecule has 0 unspecified atom stereocenters. The molecule has 2 rings (SSSR count). The van der Waals surface area contributed by atoms with E-state index in [4.69, 9.17) is 9.15 Å². The van der Waals surface area contributed by atoms with Crippen LogP contribution in [0.2, 0.25) is 0 Å². The van der Waals surface area contributed by atoms with Crippen LogP contribution in [0.4, 0.5) is 11.4 Å². The Labute approximate surface area is 126 Å². The fourth-order valence-electron chi connectivity index (χ4n) is 1.74. The number of hydrogen-bond donors (Lipinski definition) is 1. The van der Waals surface area contributed by atoms with Crippen LogP contribution in [-0.2, 0) is 4.79 Å². The monoisotopic (exact) mass is 302 g/mol. The van der Waals surface area contributed by atoms with Crippen molar-refractivity contribution in [3.8, 4) is 5.75 Å². The number of nitrogens with zero attached hydrogens (tertiary/aromatic N) is 1. The van der Waals surface area contributed by atoms with Gasteiger partial charge in [-0.2, -0.15) is 0 Å². The largest absolute Gasteiger partial charge is 0.494 e. The van der Waals surface area contributed by atoms with Crippen LogP contribution in [0.3, 0.4) is 0 Å². The van der Waals surface area contributed by atoms with Crippen LogP contribution in [0, 0.1) is 10.1 Å². The third kappa shape index (κ3) is 3.95. The first-order valence-electron chi connectivity index (χ1n) is 6.54. The number of carbonyl (C=O) groups excluding carboxylic acids is 1. The zero-order chi connectivity index (χ0) is 15.9. The van der Waals surface area contributed by atoms with Crippen LogP contribution in [-0.4, -0.2) is 17.4 Å². The summed E-state index contributed by atoms with van der Waals surface area (Å²) >= 11 is 0. The first-order chi connectivity index (χ1) is 10.6. The summed E-state index contributed by atoms with van der Waals surface area (Å²) in [4.78, 5) is 22.3. The highest BCUT2D eigenvalue weighted by molar-refractivity contribution is 6.03. The van der Waals surface area contributed by atoms with E-state index in [2.05, 4.69) is 5.32 Å². The molecule has 0 aliphatic rings. The van der Waals surface area contributed by atoms with Crippen molar-refractivity contribution in [3.63, 3.8) is 0 Å². The Morgan fingerprint density at radius 1 is 1.45 bits per heavy atom. The number of nitro benzene ring substituents is 1. The molecule has 22 heavy (non-hydrogen) atoms. The minimum Gasteiger partial charge on any atom is -0.494 e. The molecule has 0 saturated carbocycles. The topological polar surface area (TPSA) is 94.6 Å². The molecule has 7 heteroatoms. The molecule has 0 aliphatic carbocycles. The van der Waals surface area contributed by atoms with Gasteiger partial charge < -0.3 is 14.5 Å². The number of nitrogens with one attached hydrogen (secondary N) is 1. The molecule has 7 nitrogen and oxygen atoms in total. The third-order valence-corrected chi connectivity index (χ3v) is 2.68. The van der Waals surface area contributed by atoms with Crippen LogP contribution in [0.25, 0.3) is 6.08 Å². The van der Waals surface area contributed by atoms with Gasteiger partial charge in [0, 0.05) is 6.08 Å². The summed E-state index contributed by atoms with van der Waals surface area (Å²) < 4.78 is 10.3. The molecule has 2 aromatic rings. The number of ether oxygens (including phenoxy) is 1. The summed E-state index contributed by atoms with van der Waals surface area (Å²) in [6.45, 7) is 2.18. The molecule has 0 aliphatic heterocycles. The molecular formula is C15H14N2O5. The lowest BCUT2D eigenvalue weighted by Crippen LogP contribution is -2.09. The molecule has 1 aromatic heterocycles. The van der Waals surface area contributed by atoms with E-state index in [0.29, 0.717) is 18.1 Å². The second kappa shape index (κ2) is 7.07. The lowest BCUT2D eigenvalue weighted by molar-refractivity contribution is -0.384. The number of carbonyl (C=O) groups is 1. The summed E-state index contributed by atoms with van der Waals surface area (Å²) in [7, 11) is 0. The standard InChI is InChI=1S/C15H14N2O5/c1-2-21-12-5-7-13(14(10-12)17(19)20)16-15(18)8-6-11-4-3-9-22-11/h3-10H,2H2,1H3,(H,16,18)/b8-6+. The van der Waals surface area contributed by atoms with Crippen molar-refractivity contribution < 1.29 is 18.9 Å². The third-order valence-electron chi connectivity index (χ3n) is 2.68. The summed E-state index contributed by atoms with van der Waals surface area (Å²) in [5.74, 6) is 0.387. The van der Waals surface area contributed by atoms with Crippen LogP contribution in [0.1, 0.15) is 12.7 Å². The normalized spacial score (nSPS) is 10.6. The minimum absolute atomic E-state index is 0.0996. The highest BCUT2D eigenvalue weighted by atomic mass is 16.6. The Balaban J connectivity index is 2.14. The summed E-state index contributed by atoms with van der Waals surface area (Å²) in [5.41, 5.74) is -0.131. The second-order valence-corrected chi connectivity index (χ2v) is 4.21. The molecule has 1 amide bonds. The van der Waals surface area contributed by atoms with E-state index < -0.39 is 10.8 Å². The number of amides is 1. The van der Waals surface area contributed by atoms with Crippen molar-refractivity contribution in [2.45, 2.75) is 6.92 Å². The molecule has 0 saturated heterocycles. The SMILES string of the molecule is CCOc1ccc(NC(=O)/C=C/c2ccco2)c([N+](=O)[O-])c1. The van der Waals surface area contributed by atoms with Crippen LogP contribution in [0.15, 0.2) is 47.1 Å². The Bertz CT molecular complexity index is 692. The maximum Gasteiger partial charge on any atom is 0.296 e. The predicted molar refractivity (Wildman–Crippen MR) is 80.6 cm³/mol. The van der Waals surface area contributed by atoms with Crippen LogP contribution >= 0.6 is 0 Å². The smallest absolute Gasteiger partial charge is 0.296 e. The van der Waals surface area contributed by atoms with E-state index in [1.54, 1.807) is 25.1 Å². The number of nitro groups is 1. The summed E-state index contributed by atoms with van der Waals surface area (Å²) in [6.07, 6.45) is 4.18. The Morgan fingerprint density at radius 2 is 2.27 bits per heavy atom. The highest BCUT2D eigenvalue weighted by Crippen LogP contribution is 2.29. The second-order valence-electron chi connectivity index (χ2n) is 4.21. The predicted octanol–water partition coefficient (Wildman–Crippen LogP) is 3.24. The van der Waals surface area contributed by atoms with E-state index in [1.165, 1.54) is 30.5 Å². The average molecular weight is 302 g/mol. The van der Waals surface area contributed by atoms with E-state index in [-0.39, 0.29) is 11.4 Å². The van der Waals surface area contributed by atoms with Gasteiger partial charge in [0.1, 0.15) is 17.2 Å². The molecule has 0 spiro atoms. The van der Waals surface area contributed by atoms with Crippen molar-refractivity contribution in [2.75, 3.05) is 11.9 Å². The van der Waals surface area contributed by atoms with Crippen molar-refractivity contribution in [2.24, 2.45) is 0 Å². The number of benzene rings is 1. The molecule has 1 N–H and O–H groups in total. The Hall–Kier alpha value is -3.09. The Morgan fingerprint density at radius 3 is 2.91 bits per heavy atom. The van der Waals surface area contributed by atoms with Gasteiger partial charge in [-0.05, 0) is 37.3 Å². The minimum atomic E-state index is -0.575. The molecule has 1 heterocycles. The molecule has 1 aromatic carbocycles. The lowest BCUT2D eigenvalue weighted by Gasteiger charge is -2.06. The maximum absolute atomic E-state index is 11.8. The van der Waals surface area contributed by atoms with Gasteiger partial charge in [-0.15, -0.1) is 0 Å². The number of anilines is 1. The van der Waals surface area contributed by atoms with Gasteiger partial charge in [-0.25, -0.2) is 0 Å². The summed E-state index contributed by atoms with van der Waals surface area (Å²) in [6, 6.07) is 7.64. The van der Waals surface area contributed by atoms with Crippen LogP contribution < -0.4 is 10.1 Å². The number of furan rings is 1. The highest BCUT2D eigenvalue weighted by Gasteiger charge is 2.16. The molecule has 0 radical (unpaired) electrons. The number of rotatable bonds is 6. The van der Waals surface area contributed by atoms with Gasteiger partial charge in [0.15, 0.2) is 0 Å². The van der Waals surface area contributed by atoms with Crippen LogP contribution in [0.5, 0.6) is 5.75 Å². The Kier molecular flexibility index (Phi) is 4.92. The van der Waals surface area contributed by atoms with Gasteiger partial charge in [-0.1, -0.05) is 0 Å². The zero-order valence-corrected chi connectivity index (χ0v) is 11.8. The van der Waals surface area contributed by atoms with Crippen molar-refractivity contribution in [3.05, 3.63) is 58.5 Å². The maximum atomic E-state index is 11.8. The van der Waals surface area contributed by atoms with Crippen molar-refractivity contribution in [1.82, 2.24) is 0 Å². The van der Waals surface area contributed by atoms with Gasteiger partial charge >= 0.3 is 0 Å². The average Bonchev–Trinajstić information content (AvgIpc) is 3.00. The van der Waals surface area contributed by atoms with Gasteiger partial charge in [0.25, 0.3) is 5.69 Å². The van der Waals surface area contributed by atoms with Crippen molar-refractivity contribution >= 4 is 23.4 Å². The molecule has 0 bridgehead atoms. The van der Waals surface area contributed by atoms with Gasteiger partial charge in [0.2, 0.25) is 5.91 Å². The summed E-state index contributed by atoms with van der Waals surface area (Å²) in [5, 5.41) is 13.5. The fraction of sp³-hybridized carbons (Fsp3) is 0.133. The van der Waals surface area contributed by atoms with Gasteiger partial charge in [0.05, 0.1) is 23.9 Å². The van der Waals surface area contributed by atoms with E-state index in [0.717, 1.165) is 0 Å². The van der Waals surface area contributed by atoms with Crippen molar-refractivity contribution in [1.29, 1.82) is 0 Å². The zero-order valence-electron chi connectivity index (χ0n) is 11.8.